The summed E-state index contributed by atoms with van der Waals surface area (Å²) >= 11 is 0. The van der Waals surface area contributed by atoms with Crippen LogP contribution in [-0.4, -0.2) is 42.2 Å². The molecule has 1 amide bonds. The largest absolute Gasteiger partial charge is 0.381 e. The summed E-state index contributed by atoms with van der Waals surface area (Å²) in [6.45, 7) is 1.27. The van der Waals surface area contributed by atoms with Crippen molar-refractivity contribution >= 4 is 5.91 Å². The lowest BCUT2D eigenvalue weighted by molar-refractivity contribution is -0.143. The first kappa shape index (κ1) is 14.0. The van der Waals surface area contributed by atoms with Gasteiger partial charge in [0.05, 0.1) is 0 Å². The summed E-state index contributed by atoms with van der Waals surface area (Å²) in [5, 5.41) is 10.0. The van der Waals surface area contributed by atoms with Gasteiger partial charge < -0.3 is 14.7 Å². The number of aliphatic hydroxyl groups excluding tert-OH is 1. The van der Waals surface area contributed by atoms with Gasteiger partial charge in [-0.25, -0.2) is 4.39 Å². The van der Waals surface area contributed by atoms with Gasteiger partial charge in [-0.1, -0.05) is 12.1 Å². The minimum atomic E-state index is -1.24. The molecule has 1 aliphatic rings. The topological polar surface area (TPSA) is 49.8 Å². The fourth-order valence-electron chi connectivity index (χ4n) is 2.23. The SMILES string of the molecule is CN(C(=O)C(O)c1ccc(F)cc1)C1CCOCC1. The van der Waals surface area contributed by atoms with Gasteiger partial charge in [0.25, 0.3) is 5.91 Å². The van der Waals surface area contributed by atoms with Crippen molar-refractivity contribution in [1.82, 2.24) is 4.90 Å². The predicted octanol–water partition coefficient (Wildman–Crippen LogP) is 1.50. The molecule has 1 aromatic rings. The molecule has 0 aliphatic carbocycles. The summed E-state index contributed by atoms with van der Waals surface area (Å²) in [6, 6.07) is 5.42. The molecule has 5 heteroatoms. The summed E-state index contributed by atoms with van der Waals surface area (Å²) in [5.41, 5.74) is 0.408. The quantitative estimate of drug-likeness (QED) is 0.903. The number of halogens is 1. The molecule has 0 aromatic heterocycles. The number of carbonyl (C=O) groups excluding carboxylic acids is 1. The van der Waals surface area contributed by atoms with E-state index in [1.54, 1.807) is 11.9 Å². The highest BCUT2D eigenvalue weighted by Crippen LogP contribution is 2.20. The highest BCUT2D eigenvalue weighted by molar-refractivity contribution is 5.82. The Morgan fingerprint density at radius 2 is 1.95 bits per heavy atom. The third-order valence-electron chi connectivity index (χ3n) is 3.51. The Morgan fingerprint density at radius 1 is 1.37 bits per heavy atom. The van der Waals surface area contributed by atoms with E-state index in [4.69, 9.17) is 4.74 Å². The molecule has 1 heterocycles. The number of nitrogens with zero attached hydrogens (tertiary/aromatic N) is 1. The van der Waals surface area contributed by atoms with Crippen LogP contribution < -0.4 is 0 Å². The Kier molecular flexibility index (Phi) is 4.50. The van der Waals surface area contributed by atoms with Crippen LogP contribution in [0.5, 0.6) is 0 Å². The number of hydrogen-bond acceptors (Lipinski definition) is 3. The second-order valence-corrected chi connectivity index (χ2v) is 4.75. The number of ether oxygens (including phenoxy) is 1. The number of carbonyl (C=O) groups is 1. The van der Waals surface area contributed by atoms with Crippen molar-refractivity contribution in [3.63, 3.8) is 0 Å². The molecule has 1 unspecified atom stereocenters. The van der Waals surface area contributed by atoms with Crippen molar-refractivity contribution in [2.75, 3.05) is 20.3 Å². The van der Waals surface area contributed by atoms with Crippen LogP contribution in [0.3, 0.4) is 0 Å². The highest BCUT2D eigenvalue weighted by Gasteiger charge is 2.27. The molecule has 4 nitrogen and oxygen atoms in total. The van der Waals surface area contributed by atoms with Crippen LogP contribution in [-0.2, 0) is 9.53 Å². The zero-order valence-corrected chi connectivity index (χ0v) is 10.9. The van der Waals surface area contributed by atoms with Crippen molar-refractivity contribution in [2.24, 2.45) is 0 Å². The van der Waals surface area contributed by atoms with Crippen LogP contribution in [0.1, 0.15) is 24.5 Å². The lowest BCUT2D eigenvalue weighted by Crippen LogP contribution is -2.42. The van der Waals surface area contributed by atoms with Gasteiger partial charge in [0.15, 0.2) is 6.10 Å². The summed E-state index contributed by atoms with van der Waals surface area (Å²) < 4.78 is 18.1. The molecule has 0 saturated carbocycles. The number of aliphatic hydroxyl groups is 1. The van der Waals surface area contributed by atoms with Crippen molar-refractivity contribution in [3.8, 4) is 0 Å². The molecular formula is C14H18FNO3. The molecule has 1 saturated heterocycles. The van der Waals surface area contributed by atoms with E-state index in [0.717, 1.165) is 12.8 Å². The highest BCUT2D eigenvalue weighted by atomic mass is 19.1. The number of rotatable bonds is 3. The van der Waals surface area contributed by atoms with Crippen LogP contribution in [0.25, 0.3) is 0 Å². The van der Waals surface area contributed by atoms with Gasteiger partial charge in [-0.05, 0) is 30.5 Å². The molecule has 0 spiro atoms. The minimum Gasteiger partial charge on any atom is -0.381 e. The Labute approximate surface area is 111 Å². The Hall–Kier alpha value is -1.46. The summed E-state index contributed by atoms with van der Waals surface area (Å²) in [5.74, 6) is -0.750. The van der Waals surface area contributed by atoms with Crippen LogP contribution in [0.15, 0.2) is 24.3 Å². The zero-order chi connectivity index (χ0) is 13.8. The molecule has 0 bridgehead atoms. The second kappa shape index (κ2) is 6.12. The standard InChI is InChI=1S/C14H18FNO3/c1-16(12-6-8-19-9-7-12)14(18)13(17)10-2-4-11(15)5-3-10/h2-5,12-13,17H,6-9H2,1H3. The normalized spacial score (nSPS) is 18.1. The van der Waals surface area contributed by atoms with Crippen molar-refractivity contribution in [1.29, 1.82) is 0 Å². The second-order valence-electron chi connectivity index (χ2n) is 4.75. The molecule has 19 heavy (non-hydrogen) atoms. The van der Waals surface area contributed by atoms with Crippen molar-refractivity contribution in [3.05, 3.63) is 35.6 Å². The van der Waals surface area contributed by atoms with Gasteiger partial charge in [-0.15, -0.1) is 0 Å². The van der Waals surface area contributed by atoms with Crippen molar-refractivity contribution in [2.45, 2.75) is 25.0 Å². The van der Waals surface area contributed by atoms with Crippen LogP contribution in [0, 0.1) is 5.82 Å². The summed E-state index contributed by atoms with van der Waals surface area (Å²) in [4.78, 5) is 13.7. The predicted molar refractivity (Wildman–Crippen MR) is 68.0 cm³/mol. The van der Waals surface area contributed by atoms with Gasteiger partial charge in [-0.2, -0.15) is 0 Å². The fraction of sp³-hybridized carbons (Fsp3) is 0.500. The van der Waals surface area contributed by atoms with Gasteiger partial charge in [0, 0.05) is 26.3 Å². The van der Waals surface area contributed by atoms with E-state index in [-0.39, 0.29) is 17.8 Å². The number of hydrogen-bond donors (Lipinski definition) is 1. The maximum absolute atomic E-state index is 12.8. The smallest absolute Gasteiger partial charge is 0.256 e. The van der Waals surface area contributed by atoms with Crippen LogP contribution >= 0.6 is 0 Å². The first-order valence-corrected chi connectivity index (χ1v) is 6.37. The summed E-state index contributed by atoms with van der Waals surface area (Å²) in [6.07, 6.45) is 0.310. The maximum atomic E-state index is 12.8. The van der Waals surface area contributed by atoms with Gasteiger partial charge >= 0.3 is 0 Å². The third kappa shape index (κ3) is 3.30. The number of likely N-dealkylation sites (N-methyl/N-ethyl adjacent to an activating group) is 1. The lowest BCUT2D eigenvalue weighted by atomic mass is 10.0. The molecule has 1 aliphatic heterocycles. The zero-order valence-electron chi connectivity index (χ0n) is 10.9. The van der Waals surface area contributed by atoms with E-state index in [9.17, 15) is 14.3 Å². The minimum absolute atomic E-state index is 0.0938. The van der Waals surface area contributed by atoms with Crippen LogP contribution in [0.2, 0.25) is 0 Å². The third-order valence-corrected chi connectivity index (χ3v) is 3.51. The molecule has 1 aromatic carbocycles. The Bertz CT molecular complexity index is 429. The average molecular weight is 267 g/mol. The first-order valence-electron chi connectivity index (χ1n) is 6.37. The van der Waals surface area contributed by atoms with E-state index in [1.807, 2.05) is 0 Å². The number of benzene rings is 1. The first-order chi connectivity index (χ1) is 9.09. The van der Waals surface area contributed by atoms with E-state index in [2.05, 4.69) is 0 Å². The molecule has 1 fully saturated rings. The summed E-state index contributed by atoms with van der Waals surface area (Å²) in [7, 11) is 1.69. The van der Waals surface area contributed by atoms with Crippen LogP contribution in [0.4, 0.5) is 4.39 Å². The van der Waals surface area contributed by atoms with Gasteiger partial charge in [0.2, 0.25) is 0 Å². The maximum Gasteiger partial charge on any atom is 0.256 e. The monoisotopic (exact) mass is 267 g/mol. The average Bonchev–Trinajstić information content (AvgIpc) is 2.46. The number of amides is 1. The molecule has 104 valence electrons. The van der Waals surface area contributed by atoms with Crippen molar-refractivity contribution < 1.29 is 19.0 Å². The van der Waals surface area contributed by atoms with E-state index in [1.165, 1.54) is 24.3 Å². The lowest BCUT2D eigenvalue weighted by Gasteiger charge is -2.32. The van der Waals surface area contributed by atoms with E-state index < -0.39 is 6.10 Å². The Morgan fingerprint density at radius 3 is 2.53 bits per heavy atom. The fourth-order valence-corrected chi connectivity index (χ4v) is 2.23. The molecule has 1 N–H and O–H groups in total. The molecular weight excluding hydrogens is 249 g/mol. The van der Waals surface area contributed by atoms with E-state index in [0.29, 0.717) is 18.8 Å². The molecule has 2 rings (SSSR count). The molecule has 1 atom stereocenters. The van der Waals surface area contributed by atoms with E-state index >= 15 is 0 Å². The van der Waals surface area contributed by atoms with Gasteiger partial charge in [-0.3, -0.25) is 4.79 Å². The molecule has 0 radical (unpaired) electrons. The van der Waals surface area contributed by atoms with Gasteiger partial charge in [0.1, 0.15) is 5.82 Å². The Balaban J connectivity index is 2.03.